The number of rotatable bonds is 5. The number of nitrogens with one attached hydrogen (secondary N) is 2. The largest absolute Gasteiger partial charge is 0.534 e. The van der Waals surface area contributed by atoms with Crippen LogP contribution in [0, 0.1) is 6.92 Å². The van der Waals surface area contributed by atoms with E-state index in [4.69, 9.17) is 0 Å². The molecule has 2 N–H and O–H groups in total. The van der Waals surface area contributed by atoms with E-state index in [0.717, 1.165) is 17.1 Å². The lowest BCUT2D eigenvalue weighted by molar-refractivity contribution is -0.0521. The van der Waals surface area contributed by atoms with Gasteiger partial charge in [0.15, 0.2) is 5.76 Å². The molecule has 1 aromatic carbocycles. The van der Waals surface area contributed by atoms with E-state index < -0.39 is 15.6 Å². The molecule has 0 saturated carbocycles. The van der Waals surface area contributed by atoms with Gasteiger partial charge >= 0.3 is 15.6 Å². The topological polar surface area (TPSA) is 88.5 Å². The smallest absolute Gasteiger partial charge is 0.374 e. The standard InChI is InChI=1S/C20H22F3N5O3S/c1-13-9-18-15(10-25-13)11-27(12-19(18)31-32(29,30)20(21,22)23)26-16-3-5-17(6-4-16)28-8-7-24-14(28)2/h3-8,12-13,25-26H,9-11H2,1-2H3. The van der Waals surface area contributed by atoms with Gasteiger partial charge in [0.2, 0.25) is 0 Å². The highest BCUT2D eigenvalue weighted by Crippen LogP contribution is 2.34. The summed E-state index contributed by atoms with van der Waals surface area (Å²) in [6.07, 6.45) is 5.15. The highest BCUT2D eigenvalue weighted by Gasteiger charge is 2.49. The third kappa shape index (κ3) is 4.46. The van der Waals surface area contributed by atoms with Crippen LogP contribution in [0.5, 0.6) is 0 Å². The molecule has 12 heteroatoms. The van der Waals surface area contributed by atoms with Crippen molar-refractivity contribution in [2.45, 2.75) is 31.8 Å². The third-order valence-electron chi connectivity index (χ3n) is 5.26. The van der Waals surface area contributed by atoms with Crippen LogP contribution in [0.3, 0.4) is 0 Å². The molecule has 32 heavy (non-hydrogen) atoms. The first kappa shape index (κ1) is 22.2. The van der Waals surface area contributed by atoms with E-state index in [1.807, 2.05) is 36.7 Å². The maximum atomic E-state index is 12.9. The summed E-state index contributed by atoms with van der Waals surface area (Å²) >= 11 is 0. The van der Waals surface area contributed by atoms with Crippen LogP contribution in [0.4, 0.5) is 18.9 Å². The zero-order chi connectivity index (χ0) is 23.1. The normalized spacial score (nSPS) is 19.5. The summed E-state index contributed by atoms with van der Waals surface area (Å²) in [4.78, 5) is 4.18. The first-order chi connectivity index (χ1) is 15.0. The molecule has 8 nitrogen and oxygen atoms in total. The molecular weight excluding hydrogens is 447 g/mol. The number of anilines is 1. The van der Waals surface area contributed by atoms with E-state index in [2.05, 4.69) is 19.9 Å². The van der Waals surface area contributed by atoms with Gasteiger partial charge in [-0.1, -0.05) is 0 Å². The highest BCUT2D eigenvalue weighted by molar-refractivity contribution is 7.87. The molecule has 0 aliphatic carbocycles. The SMILES string of the molecule is Cc1nccn1-c1ccc(NN2C=C(OS(=O)(=O)C(F)(F)F)C3=C(CNC(C)C3)C2)cc1. The number of nitrogens with zero attached hydrogens (tertiary/aromatic N) is 3. The predicted octanol–water partition coefficient (Wildman–Crippen LogP) is 3.21. The van der Waals surface area contributed by atoms with E-state index in [9.17, 15) is 21.6 Å². The van der Waals surface area contributed by atoms with E-state index in [1.165, 1.54) is 11.2 Å². The molecule has 4 rings (SSSR count). The van der Waals surface area contributed by atoms with Crippen molar-refractivity contribution in [2.24, 2.45) is 0 Å². The molecule has 1 atom stereocenters. The number of imidazole rings is 1. The van der Waals surface area contributed by atoms with Gasteiger partial charge in [-0.3, -0.25) is 10.4 Å². The van der Waals surface area contributed by atoms with Crippen molar-refractivity contribution in [2.75, 3.05) is 18.5 Å². The maximum absolute atomic E-state index is 12.9. The molecule has 1 aromatic heterocycles. The monoisotopic (exact) mass is 469 g/mol. The van der Waals surface area contributed by atoms with Crippen LogP contribution in [0.25, 0.3) is 5.69 Å². The molecule has 0 saturated heterocycles. The number of benzene rings is 1. The zero-order valence-corrected chi connectivity index (χ0v) is 18.2. The Morgan fingerprint density at radius 3 is 2.59 bits per heavy atom. The average molecular weight is 469 g/mol. The fourth-order valence-electron chi connectivity index (χ4n) is 3.65. The molecule has 0 spiro atoms. The summed E-state index contributed by atoms with van der Waals surface area (Å²) in [5.74, 6) is 0.505. The number of hydrazine groups is 1. The molecule has 2 aromatic rings. The number of hydrogen-bond acceptors (Lipinski definition) is 7. The summed E-state index contributed by atoms with van der Waals surface area (Å²) in [5, 5.41) is 4.74. The lowest BCUT2D eigenvalue weighted by Crippen LogP contribution is -2.41. The van der Waals surface area contributed by atoms with Crippen molar-refractivity contribution in [3.8, 4) is 5.69 Å². The summed E-state index contributed by atoms with van der Waals surface area (Å²) < 4.78 is 68.5. The first-order valence-electron chi connectivity index (χ1n) is 9.84. The van der Waals surface area contributed by atoms with Crippen LogP contribution in [0.15, 0.2) is 59.8 Å². The van der Waals surface area contributed by atoms with Gasteiger partial charge < -0.3 is 14.1 Å². The molecule has 2 aliphatic rings. The maximum Gasteiger partial charge on any atom is 0.534 e. The van der Waals surface area contributed by atoms with Gasteiger partial charge in [-0.25, -0.2) is 4.98 Å². The van der Waals surface area contributed by atoms with E-state index in [-0.39, 0.29) is 11.8 Å². The van der Waals surface area contributed by atoms with Gasteiger partial charge in [-0.05, 0) is 50.1 Å². The Morgan fingerprint density at radius 2 is 1.97 bits per heavy atom. The van der Waals surface area contributed by atoms with E-state index in [0.29, 0.717) is 30.8 Å². The third-order valence-corrected chi connectivity index (χ3v) is 6.23. The Kier molecular flexibility index (Phi) is 5.67. The van der Waals surface area contributed by atoms with Crippen LogP contribution >= 0.6 is 0 Å². The van der Waals surface area contributed by atoms with Crippen LogP contribution in [-0.2, 0) is 14.3 Å². The second kappa shape index (κ2) is 8.17. The Labute approximate surface area is 183 Å². The number of hydrogen-bond donors (Lipinski definition) is 2. The quantitative estimate of drug-likeness (QED) is 0.514. The molecule has 3 heterocycles. The zero-order valence-electron chi connectivity index (χ0n) is 17.3. The highest BCUT2D eigenvalue weighted by atomic mass is 32.2. The van der Waals surface area contributed by atoms with Crippen molar-refractivity contribution < 1.29 is 25.8 Å². The van der Waals surface area contributed by atoms with Crippen molar-refractivity contribution in [3.63, 3.8) is 0 Å². The van der Waals surface area contributed by atoms with Crippen molar-refractivity contribution >= 4 is 15.8 Å². The van der Waals surface area contributed by atoms with E-state index >= 15 is 0 Å². The molecule has 1 unspecified atom stereocenters. The second-order valence-electron chi connectivity index (χ2n) is 7.68. The fraction of sp³-hybridized carbons (Fsp3) is 0.350. The first-order valence-corrected chi connectivity index (χ1v) is 11.3. The molecule has 172 valence electrons. The molecular formula is C20H22F3N5O3S. The van der Waals surface area contributed by atoms with Gasteiger partial charge in [0.1, 0.15) is 5.82 Å². The van der Waals surface area contributed by atoms with Crippen LogP contribution < -0.4 is 10.7 Å². The van der Waals surface area contributed by atoms with Gasteiger partial charge in [0.05, 0.1) is 18.4 Å². The minimum Gasteiger partial charge on any atom is -0.374 e. The number of alkyl halides is 3. The fourth-order valence-corrected chi connectivity index (χ4v) is 4.12. The number of halogens is 3. The van der Waals surface area contributed by atoms with Crippen LogP contribution in [0.2, 0.25) is 0 Å². The lowest BCUT2D eigenvalue weighted by Gasteiger charge is -2.35. The predicted molar refractivity (Wildman–Crippen MR) is 112 cm³/mol. The molecule has 2 aliphatic heterocycles. The van der Waals surface area contributed by atoms with Crippen molar-refractivity contribution in [1.29, 1.82) is 0 Å². The van der Waals surface area contributed by atoms with Crippen molar-refractivity contribution in [3.05, 3.63) is 65.6 Å². The van der Waals surface area contributed by atoms with Crippen molar-refractivity contribution in [1.82, 2.24) is 19.9 Å². The summed E-state index contributed by atoms with van der Waals surface area (Å²) in [5.41, 5.74) is 0.378. The minimum absolute atomic E-state index is 0.0203. The van der Waals surface area contributed by atoms with Gasteiger partial charge in [-0.15, -0.1) is 0 Å². The average Bonchev–Trinajstić information content (AvgIpc) is 3.14. The number of aryl methyl sites for hydroxylation is 1. The Bertz CT molecular complexity index is 1170. The van der Waals surface area contributed by atoms with Gasteiger partial charge in [0.25, 0.3) is 0 Å². The Morgan fingerprint density at radius 1 is 1.25 bits per heavy atom. The number of aromatic nitrogens is 2. The lowest BCUT2D eigenvalue weighted by atomic mass is 9.93. The Hall–Kier alpha value is -2.99. The van der Waals surface area contributed by atoms with Crippen LogP contribution in [0.1, 0.15) is 19.2 Å². The Balaban J connectivity index is 1.58. The molecule has 0 fully saturated rings. The summed E-state index contributed by atoms with van der Waals surface area (Å²) in [7, 11) is -5.78. The summed E-state index contributed by atoms with van der Waals surface area (Å²) in [6, 6.07) is 7.32. The molecule has 0 bridgehead atoms. The van der Waals surface area contributed by atoms with Crippen LogP contribution in [-0.4, -0.2) is 47.6 Å². The molecule has 0 amide bonds. The minimum atomic E-state index is -5.78. The summed E-state index contributed by atoms with van der Waals surface area (Å²) in [6.45, 7) is 4.52. The van der Waals surface area contributed by atoms with E-state index in [1.54, 1.807) is 18.3 Å². The number of allylic oxidation sites excluding steroid dienone is 1. The second-order valence-corrected chi connectivity index (χ2v) is 9.21. The van der Waals surface area contributed by atoms with Gasteiger partial charge in [0, 0.05) is 36.2 Å². The molecule has 0 radical (unpaired) electrons. The van der Waals surface area contributed by atoms with Gasteiger partial charge in [-0.2, -0.15) is 21.6 Å².